The van der Waals surface area contributed by atoms with Crippen LogP contribution in [0, 0.1) is 19.7 Å². The van der Waals surface area contributed by atoms with Crippen LogP contribution >= 0.6 is 0 Å². The highest BCUT2D eigenvalue weighted by molar-refractivity contribution is 6.19. The van der Waals surface area contributed by atoms with E-state index in [9.17, 15) is 14.0 Å². The molecule has 1 aromatic heterocycles. The van der Waals surface area contributed by atoms with Crippen LogP contribution < -0.4 is 5.32 Å². The average molecular weight is 387 g/mol. The summed E-state index contributed by atoms with van der Waals surface area (Å²) < 4.78 is 19.7. The van der Waals surface area contributed by atoms with Crippen molar-refractivity contribution >= 4 is 28.3 Å². The van der Waals surface area contributed by atoms with Gasteiger partial charge in [0.1, 0.15) is 11.4 Å². The van der Waals surface area contributed by atoms with Gasteiger partial charge in [0.2, 0.25) is 5.78 Å². The van der Waals surface area contributed by atoms with E-state index < -0.39 is 11.6 Å². The highest BCUT2D eigenvalue weighted by Gasteiger charge is 2.24. The molecule has 0 bridgehead atoms. The van der Waals surface area contributed by atoms with E-state index in [1.165, 1.54) is 12.1 Å². The largest absolute Gasteiger partial charge is 0.450 e. The fourth-order valence-electron chi connectivity index (χ4n) is 3.20. The number of nitrogens with one attached hydrogen (secondary N) is 1. The lowest BCUT2D eigenvalue weighted by Gasteiger charge is -2.08. The smallest absolute Gasteiger partial charge is 0.256 e. The topological polar surface area (TPSA) is 59.3 Å². The van der Waals surface area contributed by atoms with Crippen molar-refractivity contribution in [2.45, 2.75) is 13.8 Å². The number of furan rings is 1. The van der Waals surface area contributed by atoms with Crippen LogP contribution in [-0.2, 0) is 0 Å². The van der Waals surface area contributed by atoms with E-state index in [0.717, 1.165) is 5.56 Å². The summed E-state index contributed by atoms with van der Waals surface area (Å²) in [6.45, 7) is 3.46. The maximum absolute atomic E-state index is 14.0. The number of hydrogen-bond donors (Lipinski definition) is 1. The monoisotopic (exact) mass is 387 g/mol. The number of fused-ring (bicyclic) bond motifs is 1. The molecule has 0 atom stereocenters. The summed E-state index contributed by atoms with van der Waals surface area (Å²) in [5.41, 5.74) is 2.64. The summed E-state index contributed by atoms with van der Waals surface area (Å²) in [6.07, 6.45) is 0. The van der Waals surface area contributed by atoms with Crippen LogP contribution in [0.3, 0.4) is 0 Å². The molecule has 0 saturated heterocycles. The second kappa shape index (κ2) is 7.36. The van der Waals surface area contributed by atoms with Gasteiger partial charge in [-0.1, -0.05) is 42.5 Å². The molecule has 4 nitrogen and oxygen atoms in total. The van der Waals surface area contributed by atoms with Gasteiger partial charge in [-0.3, -0.25) is 9.59 Å². The van der Waals surface area contributed by atoms with Crippen LogP contribution in [0.1, 0.15) is 37.6 Å². The van der Waals surface area contributed by atoms with E-state index in [2.05, 4.69) is 5.32 Å². The molecule has 29 heavy (non-hydrogen) atoms. The third-order valence-corrected chi connectivity index (χ3v) is 4.86. The number of aryl methyl sites for hydroxylation is 2. The summed E-state index contributed by atoms with van der Waals surface area (Å²) in [5.74, 6) is -1.35. The van der Waals surface area contributed by atoms with Crippen molar-refractivity contribution in [3.63, 3.8) is 0 Å². The van der Waals surface area contributed by atoms with Crippen molar-refractivity contribution in [1.82, 2.24) is 0 Å². The molecule has 1 N–H and O–H groups in total. The van der Waals surface area contributed by atoms with Crippen LogP contribution in [0.2, 0.25) is 0 Å². The highest BCUT2D eigenvalue weighted by atomic mass is 19.1. The number of halogens is 1. The Balaban J connectivity index is 1.80. The zero-order valence-electron chi connectivity index (χ0n) is 16.0. The maximum atomic E-state index is 14.0. The molecule has 0 unspecified atom stereocenters. The minimum absolute atomic E-state index is 0.0311. The molecule has 3 aromatic carbocycles. The van der Waals surface area contributed by atoms with Crippen LogP contribution in [0.4, 0.5) is 10.1 Å². The number of anilines is 1. The normalized spacial score (nSPS) is 10.9. The first-order valence-corrected chi connectivity index (χ1v) is 9.15. The molecule has 0 spiro atoms. The van der Waals surface area contributed by atoms with Gasteiger partial charge in [-0.25, -0.2) is 4.39 Å². The highest BCUT2D eigenvalue weighted by Crippen LogP contribution is 2.33. The van der Waals surface area contributed by atoms with Crippen LogP contribution in [0.25, 0.3) is 11.0 Å². The predicted octanol–water partition coefficient (Wildman–Crippen LogP) is 5.67. The van der Waals surface area contributed by atoms with Gasteiger partial charge in [-0.15, -0.1) is 0 Å². The van der Waals surface area contributed by atoms with Crippen molar-refractivity contribution in [2.75, 3.05) is 5.32 Å². The Hall–Kier alpha value is -3.73. The molecule has 0 aliphatic rings. The molecule has 5 heteroatoms. The summed E-state index contributed by atoms with van der Waals surface area (Å²) in [6, 6.07) is 18.5. The lowest BCUT2D eigenvalue weighted by Crippen LogP contribution is -2.15. The fourth-order valence-corrected chi connectivity index (χ4v) is 3.20. The third-order valence-electron chi connectivity index (χ3n) is 4.86. The molecule has 0 fully saturated rings. The fraction of sp³-hybridized carbons (Fsp3) is 0.0833. The SMILES string of the molecule is Cc1ccc(C(=O)c2oc3ccccc3c2NC(=O)c2ccccc2C)cc1F. The summed E-state index contributed by atoms with van der Waals surface area (Å²) in [5, 5.41) is 3.42. The Labute approximate surface area is 167 Å². The molecule has 4 rings (SSSR count). The second-order valence-corrected chi connectivity index (χ2v) is 6.86. The molecule has 144 valence electrons. The number of amides is 1. The molecule has 0 aliphatic carbocycles. The van der Waals surface area contributed by atoms with Gasteiger partial charge in [0.25, 0.3) is 5.91 Å². The second-order valence-electron chi connectivity index (χ2n) is 6.86. The van der Waals surface area contributed by atoms with E-state index in [4.69, 9.17) is 4.42 Å². The number of benzene rings is 3. The third kappa shape index (κ3) is 3.43. The number of hydrogen-bond acceptors (Lipinski definition) is 3. The lowest BCUT2D eigenvalue weighted by atomic mass is 10.0. The van der Waals surface area contributed by atoms with Gasteiger partial charge < -0.3 is 9.73 Å². The van der Waals surface area contributed by atoms with E-state index in [1.54, 1.807) is 49.4 Å². The Bertz CT molecular complexity index is 1260. The summed E-state index contributed by atoms with van der Waals surface area (Å²) >= 11 is 0. The number of carbonyl (C=O) groups is 2. The van der Waals surface area contributed by atoms with Crippen molar-refractivity contribution < 1.29 is 18.4 Å². The van der Waals surface area contributed by atoms with E-state index in [0.29, 0.717) is 22.1 Å². The molecule has 4 aromatic rings. The van der Waals surface area contributed by atoms with Crippen molar-refractivity contribution in [1.29, 1.82) is 0 Å². The van der Waals surface area contributed by atoms with Crippen molar-refractivity contribution in [3.05, 3.63) is 101 Å². The van der Waals surface area contributed by atoms with E-state index >= 15 is 0 Å². The lowest BCUT2D eigenvalue weighted by molar-refractivity contribution is 0.101. The van der Waals surface area contributed by atoms with E-state index in [1.807, 2.05) is 19.1 Å². The maximum Gasteiger partial charge on any atom is 0.256 e. The Morgan fingerprint density at radius 3 is 2.38 bits per heavy atom. The molecular formula is C24H18FNO3. The predicted molar refractivity (Wildman–Crippen MR) is 110 cm³/mol. The van der Waals surface area contributed by atoms with Crippen LogP contribution in [0.5, 0.6) is 0 Å². The number of para-hydroxylation sites is 1. The minimum Gasteiger partial charge on any atom is -0.450 e. The van der Waals surface area contributed by atoms with Gasteiger partial charge in [0.05, 0.1) is 5.69 Å². The first-order valence-electron chi connectivity index (χ1n) is 9.15. The summed E-state index contributed by atoms with van der Waals surface area (Å²) in [7, 11) is 0. The Morgan fingerprint density at radius 2 is 1.62 bits per heavy atom. The van der Waals surface area contributed by atoms with Crippen molar-refractivity contribution in [2.24, 2.45) is 0 Å². The van der Waals surface area contributed by atoms with E-state index in [-0.39, 0.29) is 22.9 Å². The number of rotatable bonds is 4. The Kier molecular flexibility index (Phi) is 4.72. The minimum atomic E-state index is -0.500. The quantitative estimate of drug-likeness (QED) is 0.459. The Morgan fingerprint density at radius 1 is 0.897 bits per heavy atom. The van der Waals surface area contributed by atoms with Crippen LogP contribution in [0.15, 0.2) is 71.1 Å². The van der Waals surface area contributed by atoms with Crippen molar-refractivity contribution in [3.8, 4) is 0 Å². The molecule has 1 amide bonds. The van der Waals surface area contributed by atoms with Gasteiger partial charge in [-0.2, -0.15) is 0 Å². The number of carbonyl (C=O) groups excluding carboxylic acids is 2. The zero-order valence-corrected chi connectivity index (χ0v) is 16.0. The van der Waals surface area contributed by atoms with Gasteiger partial charge in [-0.05, 0) is 49.2 Å². The summed E-state index contributed by atoms with van der Waals surface area (Å²) in [4.78, 5) is 25.9. The first-order chi connectivity index (χ1) is 14.0. The van der Waals surface area contributed by atoms with Gasteiger partial charge >= 0.3 is 0 Å². The first kappa shape index (κ1) is 18.6. The van der Waals surface area contributed by atoms with Crippen LogP contribution in [-0.4, -0.2) is 11.7 Å². The molecular weight excluding hydrogens is 369 g/mol. The molecule has 0 aliphatic heterocycles. The standard InChI is InChI=1S/C24H18FNO3/c1-14-7-3-4-8-17(14)24(28)26-21-18-9-5-6-10-20(18)29-23(21)22(27)16-12-11-15(2)19(25)13-16/h3-13H,1-2H3,(H,26,28). The zero-order chi connectivity index (χ0) is 20.5. The molecule has 0 saturated carbocycles. The van der Waals surface area contributed by atoms with Gasteiger partial charge in [0, 0.05) is 16.5 Å². The molecule has 1 heterocycles. The number of ketones is 1. The average Bonchev–Trinajstić information content (AvgIpc) is 3.08. The molecule has 0 radical (unpaired) electrons. The van der Waals surface area contributed by atoms with Gasteiger partial charge in [0.15, 0.2) is 5.76 Å².